The van der Waals surface area contributed by atoms with Crippen LogP contribution in [0.4, 0.5) is 4.79 Å². The van der Waals surface area contributed by atoms with Crippen LogP contribution in [0.2, 0.25) is 0 Å². The van der Waals surface area contributed by atoms with Gasteiger partial charge in [-0.25, -0.2) is 4.79 Å². The average Bonchev–Trinajstić information content (AvgIpc) is 2.78. The largest absolute Gasteiger partial charge is 0.481 e. The number of hydrogen-bond donors (Lipinski definition) is 2. The molecule has 3 amide bonds. The summed E-state index contributed by atoms with van der Waals surface area (Å²) in [6, 6.07) is -0.157. The highest BCUT2D eigenvalue weighted by Gasteiger charge is 2.49. The van der Waals surface area contributed by atoms with Gasteiger partial charge in [-0.15, -0.1) is 0 Å². The molecule has 118 valence electrons. The van der Waals surface area contributed by atoms with Gasteiger partial charge in [0.25, 0.3) is 0 Å². The van der Waals surface area contributed by atoms with Crippen LogP contribution in [0.1, 0.15) is 26.7 Å². The minimum Gasteiger partial charge on any atom is -0.481 e. The van der Waals surface area contributed by atoms with Crippen LogP contribution in [0.5, 0.6) is 0 Å². The zero-order valence-corrected chi connectivity index (χ0v) is 12.6. The van der Waals surface area contributed by atoms with Crippen LogP contribution in [-0.4, -0.2) is 65.5 Å². The van der Waals surface area contributed by atoms with Gasteiger partial charge in [0.2, 0.25) is 5.91 Å². The Kier molecular flexibility index (Phi) is 4.39. The quantitative estimate of drug-likeness (QED) is 0.770. The van der Waals surface area contributed by atoms with Crippen LogP contribution in [0.15, 0.2) is 0 Å². The molecule has 7 nitrogen and oxygen atoms in total. The molecule has 0 radical (unpaired) electrons. The minimum absolute atomic E-state index is 0.0276. The number of nitrogens with one attached hydrogen (secondary N) is 1. The first-order valence-corrected chi connectivity index (χ1v) is 7.41. The van der Waals surface area contributed by atoms with Gasteiger partial charge in [0.05, 0.1) is 5.41 Å². The number of rotatable bonds is 2. The maximum atomic E-state index is 12.5. The molecular weight excluding hydrogens is 274 g/mol. The third-order valence-corrected chi connectivity index (χ3v) is 4.69. The molecule has 2 heterocycles. The Hall–Kier alpha value is -1.79. The molecule has 2 rings (SSSR count). The van der Waals surface area contributed by atoms with Crippen molar-refractivity contribution in [3.8, 4) is 0 Å². The lowest BCUT2D eigenvalue weighted by molar-refractivity contribution is -0.150. The third kappa shape index (κ3) is 2.96. The fourth-order valence-electron chi connectivity index (χ4n) is 3.05. The Morgan fingerprint density at radius 1 is 1.24 bits per heavy atom. The van der Waals surface area contributed by atoms with Crippen LogP contribution in [0.3, 0.4) is 0 Å². The van der Waals surface area contributed by atoms with Crippen LogP contribution in [0, 0.1) is 11.3 Å². The summed E-state index contributed by atoms with van der Waals surface area (Å²) >= 11 is 0. The molecule has 7 heteroatoms. The number of carboxylic acids is 1. The van der Waals surface area contributed by atoms with Crippen LogP contribution >= 0.6 is 0 Å². The van der Waals surface area contributed by atoms with E-state index in [1.54, 1.807) is 9.80 Å². The molecule has 1 atom stereocenters. The molecule has 2 saturated heterocycles. The van der Waals surface area contributed by atoms with Gasteiger partial charge in [0.15, 0.2) is 0 Å². The van der Waals surface area contributed by atoms with Crippen molar-refractivity contribution >= 4 is 17.9 Å². The molecule has 0 spiro atoms. The summed E-state index contributed by atoms with van der Waals surface area (Å²) < 4.78 is 0. The summed E-state index contributed by atoms with van der Waals surface area (Å²) in [5, 5.41) is 12.2. The second-order valence-electron chi connectivity index (χ2n) is 6.16. The van der Waals surface area contributed by atoms with Crippen molar-refractivity contribution < 1.29 is 19.5 Å². The highest BCUT2D eigenvalue weighted by Crippen LogP contribution is 2.38. The molecule has 0 aliphatic carbocycles. The molecule has 2 fully saturated rings. The Bertz CT molecular complexity index is 452. The number of hydrogen-bond acceptors (Lipinski definition) is 3. The van der Waals surface area contributed by atoms with E-state index in [0.717, 1.165) is 0 Å². The van der Waals surface area contributed by atoms with E-state index in [1.165, 1.54) is 0 Å². The van der Waals surface area contributed by atoms with E-state index in [1.807, 2.05) is 13.8 Å². The van der Waals surface area contributed by atoms with Gasteiger partial charge in [-0.1, -0.05) is 13.8 Å². The lowest BCUT2D eigenvalue weighted by Crippen LogP contribution is -2.46. The van der Waals surface area contributed by atoms with Crippen LogP contribution in [0.25, 0.3) is 0 Å². The first-order valence-electron chi connectivity index (χ1n) is 7.41. The van der Waals surface area contributed by atoms with Crippen molar-refractivity contribution in [1.82, 2.24) is 15.1 Å². The molecule has 0 aromatic rings. The smallest absolute Gasteiger partial charge is 0.320 e. The average molecular weight is 297 g/mol. The van der Waals surface area contributed by atoms with Crippen molar-refractivity contribution in [2.24, 2.45) is 11.3 Å². The highest BCUT2D eigenvalue weighted by atomic mass is 16.4. The molecular formula is C14H23N3O4. The molecule has 0 saturated carbocycles. The number of urea groups is 1. The molecule has 1 unspecified atom stereocenters. The number of aliphatic carboxylic acids is 1. The lowest BCUT2D eigenvalue weighted by atomic mass is 9.76. The standard InChI is InChI=1S/C14H23N3O4/c1-10(2)14(12(19)20)4-7-17(9-14)13(21)16-6-3-11(18)15-5-8-16/h10H,3-9H2,1-2H3,(H,15,18)(H,19,20). The number of nitrogens with zero attached hydrogens (tertiary/aromatic N) is 2. The lowest BCUT2D eigenvalue weighted by Gasteiger charge is -2.30. The summed E-state index contributed by atoms with van der Waals surface area (Å²) in [5.41, 5.74) is -0.852. The molecule has 21 heavy (non-hydrogen) atoms. The minimum atomic E-state index is -0.852. The normalized spacial score (nSPS) is 26.7. The summed E-state index contributed by atoms with van der Waals surface area (Å²) in [6.07, 6.45) is 0.782. The monoisotopic (exact) mass is 297 g/mol. The summed E-state index contributed by atoms with van der Waals surface area (Å²) in [6.45, 7) is 5.80. The summed E-state index contributed by atoms with van der Waals surface area (Å²) in [4.78, 5) is 38.7. The van der Waals surface area contributed by atoms with Gasteiger partial charge in [0, 0.05) is 39.1 Å². The van der Waals surface area contributed by atoms with Crippen LogP contribution < -0.4 is 5.32 Å². The molecule has 2 aliphatic rings. The molecule has 0 aromatic carbocycles. The van der Waals surface area contributed by atoms with Gasteiger partial charge in [-0.05, 0) is 12.3 Å². The highest BCUT2D eigenvalue weighted by molar-refractivity contribution is 5.81. The number of carboxylic acid groups (broad SMARTS) is 1. The van der Waals surface area contributed by atoms with E-state index in [9.17, 15) is 19.5 Å². The first kappa shape index (κ1) is 15.6. The van der Waals surface area contributed by atoms with E-state index in [-0.39, 0.29) is 24.4 Å². The summed E-state index contributed by atoms with van der Waals surface area (Å²) in [7, 11) is 0. The fourth-order valence-corrected chi connectivity index (χ4v) is 3.05. The Labute approximate surface area is 124 Å². The molecule has 2 aliphatic heterocycles. The predicted octanol–water partition coefficient (Wildman–Crippen LogP) is 0.361. The predicted molar refractivity (Wildman–Crippen MR) is 75.7 cm³/mol. The van der Waals surface area contributed by atoms with Crippen molar-refractivity contribution in [3.05, 3.63) is 0 Å². The van der Waals surface area contributed by atoms with Gasteiger partial charge < -0.3 is 20.2 Å². The van der Waals surface area contributed by atoms with Crippen molar-refractivity contribution in [2.75, 3.05) is 32.7 Å². The maximum Gasteiger partial charge on any atom is 0.320 e. The van der Waals surface area contributed by atoms with E-state index >= 15 is 0 Å². The van der Waals surface area contributed by atoms with Gasteiger partial charge in [-0.2, -0.15) is 0 Å². The Morgan fingerprint density at radius 3 is 2.52 bits per heavy atom. The number of carbonyl (C=O) groups excluding carboxylic acids is 2. The van der Waals surface area contributed by atoms with Crippen molar-refractivity contribution in [3.63, 3.8) is 0 Å². The maximum absolute atomic E-state index is 12.5. The molecule has 0 aromatic heterocycles. The van der Waals surface area contributed by atoms with Gasteiger partial charge in [-0.3, -0.25) is 9.59 Å². The zero-order valence-electron chi connectivity index (χ0n) is 12.6. The van der Waals surface area contributed by atoms with Crippen LogP contribution in [-0.2, 0) is 9.59 Å². The van der Waals surface area contributed by atoms with E-state index in [2.05, 4.69) is 5.32 Å². The van der Waals surface area contributed by atoms with Crippen molar-refractivity contribution in [1.29, 1.82) is 0 Å². The summed E-state index contributed by atoms with van der Waals surface area (Å²) in [5.74, 6) is -0.908. The second-order valence-corrected chi connectivity index (χ2v) is 6.16. The third-order valence-electron chi connectivity index (χ3n) is 4.69. The van der Waals surface area contributed by atoms with E-state index in [0.29, 0.717) is 39.0 Å². The number of likely N-dealkylation sites (tertiary alicyclic amines) is 1. The Morgan fingerprint density at radius 2 is 1.95 bits per heavy atom. The Balaban J connectivity index is 2.04. The first-order chi connectivity index (χ1) is 9.86. The second kappa shape index (κ2) is 5.91. The number of carbonyl (C=O) groups is 3. The van der Waals surface area contributed by atoms with Gasteiger partial charge in [0.1, 0.15) is 0 Å². The van der Waals surface area contributed by atoms with E-state index < -0.39 is 11.4 Å². The van der Waals surface area contributed by atoms with E-state index in [4.69, 9.17) is 0 Å². The van der Waals surface area contributed by atoms with Crippen molar-refractivity contribution in [2.45, 2.75) is 26.7 Å². The molecule has 0 bridgehead atoms. The number of amides is 3. The molecule has 2 N–H and O–H groups in total. The fraction of sp³-hybridized carbons (Fsp3) is 0.786. The zero-order chi connectivity index (χ0) is 15.6. The topological polar surface area (TPSA) is 89.9 Å². The van der Waals surface area contributed by atoms with Gasteiger partial charge >= 0.3 is 12.0 Å². The SMILES string of the molecule is CC(C)C1(C(=O)O)CCN(C(=O)N2CCNC(=O)CC2)C1.